The lowest BCUT2D eigenvalue weighted by Crippen LogP contribution is -2.41. The highest BCUT2D eigenvalue weighted by Crippen LogP contribution is 2.44. The number of nitrogens with one attached hydrogen (secondary N) is 1. The lowest BCUT2D eigenvalue weighted by atomic mass is 9.98. The second-order valence-corrected chi connectivity index (χ2v) is 8.84. The van der Waals surface area contributed by atoms with Gasteiger partial charge in [0.15, 0.2) is 0 Å². The third kappa shape index (κ3) is 6.34. The Hall–Kier alpha value is -3.88. The Morgan fingerprint density at radius 3 is 2.06 bits per heavy atom. The number of ether oxygens (including phenoxy) is 3. The predicted molar refractivity (Wildman–Crippen MR) is 121 cm³/mol. The lowest BCUT2D eigenvalue weighted by molar-refractivity contribution is -0.142. The molecule has 2 N–H and O–H groups in total. The number of rotatable bonds is 7. The average molecular weight is 469 g/mol. The van der Waals surface area contributed by atoms with Gasteiger partial charge in [0.2, 0.25) is 0 Å². The minimum Gasteiger partial charge on any atom is -0.480 e. The van der Waals surface area contributed by atoms with Gasteiger partial charge in [-0.2, -0.15) is 0 Å². The summed E-state index contributed by atoms with van der Waals surface area (Å²) >= 11 is 0. The van der Waals surface area contributed by atoms with E-state index in [-0.39, 0.29) is 18.9 Å². The Bertz CT molecular complexity index is 1040. The Morgan fingerprint density at radius 2 is 1.53 bits per heavy atom. The van der Waals surface area contributed by atoms with E-state index in [1.165, 1.54) is 0 Å². The molecule has 9 heteroatoms. The Kier molecular flexibility index (Phi) is 7.55. The van der Waals surface area contributed by atoms with Crippen LogP contribution in [0.15, 0.2) is 48.5 Å². The fourth-order valence-electron chi connectivity index (χ4n) is 3.72. The maximum Gasteiger partial charge on any atom is 0.516 e. The molecule has 1 atom stereocenters. The van der Waals surface area contributed by atoms with Crippen LogP contribution in [-0.4, -0.2) is 47.5 Å². The van der Waals surface area contributed by atoms with Crippen molar-refractivity contribution in [3.63, 3.8) is 0 Å². The van der Waals surface area contributed by atoms with Crippen molar-refractivity contribution >= 4 is 24.2 Å². The molecule has 1 aliphatic carbocycles. The summed E-state index contributed by atoms with van der Waals surface area (Å²) in [5.41, 5.74) is 3.34. The Balaban J connectivity index is 1.53. The van der Waals surface area contributed by atoms with Crippen molar-refractivity contribution in [1.82, 2.24) is 5.32 Å². The van der Waals surface area contributed by atoms with Crippen LogP contribution in [0.25, 0.3) is 11.1 Å². The number of fused-ring (bicyclic) bond motifs is 3. The highest BCUT2D eigenvalue weighted by Gasteiger charge is 2.30. The molecule has 1 amide bonds. The van der Waals surface area contributed by atoms with Crippen molar-refractivity contribution in [2.24, 2.45) is 0 Å². The van der Waals surface area contributed by atoms with Crippen LogP contribution in [0.5, 0.6) is 0 Å². The zero-order valence-electron chi connectivity index (χ0n) is 19.2. The molecule has 0 fully saturated rings. The van der Waals surface area contributed by atoms with Crippen LogP contribution in [0.2, 0.25) is 0 Å². The van der Waals surface area contributed by atoms with Crippen LogP contribution in [0.3, 0.4) is 0 Å². The zero-order valence-corrected chi connectivity index (χ0v) is 19.2. The monoisotopic (exact) mass is 469 g/mol. The normalized spacial score (nSPS) is 13.3. The summed E-state index contributed by atoms with van der Waals surface area (Å²) in [6.07, 6.45) is -2.80. The second kappa shape index (κ2) is 10.4. The molecule has 0 unspecified atom stereocenters. The van der Waals surface area contributed by atoms with E-state index in [1.54, 1.807) is 20.8 Å². The molecule has 0 saturated carbocycles. The first-order valence-corrected chi connectivity index (χ1v) is 10.8. The largest absolute Gasteiger partial charge is 0.516 e. The molecule has 2 aromatic carbocycles. The van der Waals surface area contributed by atoms with Crippen LogP contribution >= 0.6 is 0 Å². The molecule has 0 radical (unpaired) electrons. The van der Waals surface area contributed by atoms with Gasteiger partial charge in [0.25, 0.3) is 0 Å². The summed E-state index contributed by atoms with van der Waals surface area (Å²) in [4.78, 5) is 47.2. The molecule has 0 aliphatic heterocycles. The number of alkyl carbamates (subject to hydrolysis) is 1. The zero-order chi connectivity index (χ0) is 24.9. The Morgan fingerprint density at radius 1 is 0.971 bits per heavy atom. The van der Waals surface area contributed by atoms with E-state index in [0.29, 0.717) is 0 Å². The number of carboxylic acid groups (broad SMARTS) is 1. The van der Waals surface area contributed by atoms with Crippen LogP contribution in [-0.2, 0) is 23.8 Å². The minimum absolute atomic E-state index is 0.0207. The van der Waals surface area contributed by atoms with E-state index < -0.39 is 42.3 Å². The van der Waals surface area contributed by atoms with Crippen molar-refractivity contribution in [2.75, 3.05) is 6.61 Å². The quantitative estimate of drug-likeness (QED) is 0.455. The van der Waals surface area contributed by atoms with E-state index in [0.717, 1.165) is 22.3 Å². The molecule has 180 valence electrons. The van der Waals surface area contributed by atoms with Gasteiger partial charge < -0.3 is 24.6 Å². The van der Waals surface area contributed by atoms with Gasteiger partial charge in [-0.15, -0.1) is 0 Å². The third-order valence-electron chi connectivity index (χ3n) is 5.16. The molecular formula is C25H27NO8. The first kappa shape index (κ1) is 24.8. The van der Waals surface area contributed by atoms with Gasteiger partial charge in [0.05, 0.1) is 0 Å². The number of hydrogen-bond donors (Lipinski definition) is 2. The summed E-state index contributed by atoms with van der Waals surface area (Å²) in [5, 5.41) is 11.6. The fourth-order valence-corrected chi connectivity index (χ4v) is 3.72. The van der Waals surface area contributed by atoms with Crippen LogP contribution < -0.4 is 5.32 Å². The number of benzene rings is 2. The smallest absolute Gasteiger partial charge is 0.480 e. The minimum atomic E-state index is -1.40. The second-order valence-electron chi connectivity index (χ2n) is 8.84. The number of carbonyl (C=O) groups excluding carboxylic acids is 3. The predicted octanol–water partition coefficient (Wildman–Crippen LogP) is 4.24. The molecule has 0 bridgehead atoms. The highest BCUT2D eigenvalue weighted by molar-refractivity contribution is 5.84. The van der Waals surface area contributed by atoms with Crippen LogP contribution in [0.4, 0.5) is 9.59 Å². The standard InChI is InChI=1S/C25H27NO8/c1-25(2,3)34-24(31)33-21(27)13-12-20(22(28)29)26-23(30)32-14-19-17-10-6-4-8-15(17)16-9-5-7-11-18(16)19/h4-11,19-20H,12-14H2,1-3H3,(H,26,30)(H,28,29)/t20-/m0/s1. The molecule has 0 aromatic heterocycles. The molecule has 2 aromatic rings. The maximum atomic E-state index is 12.3. The number of aliphatic carboxylic acids is 1. The number of amides is 1. The third-order valence-corrected chi connectivity index (χ3v) is 5.16. The molecule has 34 heavy (non-hydrogen) atoms. The molecule has 9 nitrogen and oxygen atoms in total. The molecule has 0 spiro atoms. The summed E-state index contributed by atoms with van der Waals surface area (Å²) in [5.74, 6) is -2.49. The fraction of sp³-hybridized carbons (Fsp3) is 0.360. The molecule has 0 heterocycles. The average Bonchev–Trinajstić information content (AvgIpc) is 3.07. The summed E-state index contributed by atoms with van der Waals surface area (Å²) in [6, 6.07) is 14.3. The van der Waals surface area contributed by atoms with Crippen molar-refractivity contribution < 1.29 is 38.5 Å². The van der Waals surface area contributed by atoms with Crippen molar-refractivity contribution in [2.45, 2.75) is 51.2 Å². The maximum absolute atomic E-state index is 12.3. The molecule has 3 rings (SSSR count). The van der Waals surface area contributed by atoms with Gasteiger partial charge in [-0.05, 0) is 49.4 Å². The van der Waals surface area contributed by atoms with Gasteiger partial charge in [0, 0.05) is 12.3 Å². The van der Waals surface area contributed by atoms with Gasteiger partial charge in [0.1, 0.15) is 18.2 Å². The van der Waals surface area contributed by atoms with Crippen LogP contribution in [0, 0.1) is 0 Å². The van der Waals surface area contributed by atoms with Gasteiger partial charge in [-0.3, -0.25) is 4.79 Å². The van der Waals surface area contributed by atoms with Gasteiger partial charge in [-0.1, -0.05) is 48.5 Å². The van der Waals surface area contributed by atoms with Crippen molar-refractivity contribution in [3.05, 3.63) is 59.7 Å². The highest BCUT2D eigenvalue weighted by atomic mass is 16.7. The summed E-state index contributed by atoms with van der Waals surface area (Å²) < 4.78 is 14.7. The van der Waals surface area contributed by atoms with E-state index in [2.05, 4.69) is 10.1 Å². The van der Waals surface area contributed by atoms with Crippen molar-refractivity contribution in [3.8, 4) is 11.1 Å². The number of carboxylic acids is 1. The number of carbonyl (C=O) groups is 4. The van der Waals surface area contributed by atoms with Gasteiger partial charge >= 0.3 is 24.2 Å². The first-order valence-electron chi connectivity index (χ1n) is 10.8. The number of esters is 1. The summed E-state index contributed by atoms with van der Waals surface area (Å²) in [7, 11) is 0. The topological polar surface area (TPSA) is 128 Å². The molecular weight excluding hydrogens is 442 g/mol. The van der Waals surface area contributed by atoms with Gasteiger partial charge in [-0.25, -0.2) is 14.4 Å². The van der Waals surface area contributed by atoms with E-state index in [4.69, 9.17) is 9.47 Å². The SMILES string of the molecule is CC(C)(C)OC(=O)OC(=O)CC[C@H](NC(=O)OCC1c2ccccc2-c2ccccc21)C(=O)O. The van der Waals surface area contributed by atoms with Crippen LogP contribution in [0.1, 0.15) is 50.7 Å². The molecule has 0 saturated heterocycles. The number of hydrogen-bond acceptors (Lipinski definition) is 7. The van der Waals surface area contributed by atoms with E-state index in [1.807, 2.05) is 48.5 Å². The van der Waals surface area contributed by atoms with E-state index >= 15 is 0 Å². The van der Waals surface area contributed by atoms with Crippen molar-refractivity contribution in [1.29, 1.82) is 0 Å². The molecule has 1 aliphatic rings. The summed E-state index contributed by atoms with van der Waals surface area (Å²) in [6.45, 7) is 4.85. The lowest BCUT2D eigenvalue weighted by Gasteiger charge is -2.19. The van der Waals surface area contributed by atoms with E-state index in [9.17, 15) is 24.3 Å². The first-order chi connectivity index (χ1) is 16.0. The Labute approximate surface area is 197 Å².